The number of amides is 1. The Morgan fingerprint density at radius 1 is 1.33 bits per heavy atom. The molecule has 6 heteroatoms. The van der Waals surface area contributed by atoms with E-state index < -0.39 is 6.09 Å². The van der Waals surface area contributed by atoms with Gasteiger partial charge in [0.15, 0.2) is 0 Å². The van der Waals surface area contributed by atoms with Crippen LogP contribution in [0, 0.1) is 0 Å². The lowest BCUT2D eigenvalue weighted by molar-refractivity contribution is 0.132. The molecule has 112 valence electrons. The zero-order chi connectivity index (χ0) is 15.5. The van der Waals surface area contributed by atoms with Crippen LogP contribution in [0.25, 0.3) is 10.6 Å². The van der Waals surface area contributed by atoms with E-state index in [-0.39, 0.29) is 12.1 Å². The van der Waals surface area contributed by atoms with E-state index in [4.69, 9.17) is 10.5 Å². The van der Waals surface area contributed by atoms with Crippen molar-refractivity contribution in [2.24, 2.45) is 0 Å². The molecule has 0 bridgehead atoms. The van der Waals surface area contributed by atoms with Crippen molar-refractivity contribution < 1.29 is 9.53 Å². The number of hydrogen-bond acceptors (Lipinski definition) is 5. The third-order valence-electron chi connectivity index (χ3n) is 2.53. The predicted molar refractivity (Wildman–Crippen MR) is 85.0 cm³/mol. The number of carbonyl (C=O) groups excluding carboxylic acids is 1. The molecule has 0 radical (unpaired) electrons. The van der Waals surface area contributed by atoms with E-state index in [9.17, 15) is 4.79 Å². The van der Waals surface area contributed by atoms with Crippen LogP contribution in [0.1, 0.15) is 25.6 Å². The number of alkyl carbamates (subject to hydrolysis) is 1. The minimum Gasteiger partial charge on any atom is -0.444 e. The average molecular weight is 305 g/mol. The lowest BCUT2D eigenvalue weighted by Gasteiger charge is -2.19. The zero-order valence-electron chi connectivity index (χ0n) is 12.3. The molecule has 0 aliphatic heterocycles. The van der Waals surface area contributed by atoms with Gasteiger partial charge in [-0.05, 0) is 45.0 Å². The quantitative estimate of drug-likeness (QED) is 0.852. The van der Waals surface area contributed by atoms with Gasteiger partial charge in [0.25, 0.3) is 0 Å². The predicted octanol–water partition coefficient (Wildman–Crippen LogP) is 3.42. The van der Waals surface area contributed by atoms with Gasteiger partial charge in [-0.15, -0.1) is 11.3 Å². The molecule has 1 aromatic carbocycles. The van der Waals surface area contributed by atoms with Gasteiger partial charge in [-0.2, -0.15) is 0 Å². The average Bonchev–Trinajstić information content (AvgIpc) is 2.84. The number of carbonyl (C=O) groups is 1. The van der Waals surface area contributed by atoms with Gasteiger partial charge < -0.3 is 15.8 Å². The molecule has 3 N–H and O–H groups in total. The summed E-state index contributed by atoms with van der Waals surface area (Å²) in [6.45, 7) is 5.93. The highest BCUT2D eigenvalue weighted by atomic mass is 32.1. The zero-order valence-corrected chi connectivity index (χ0v) is 13.2. The normalized spacial score (nSPS) is 11.2. The highest BCUT2D eigenvalue weighted by Crippen LogP contribution is 2.26. The summed E-state index contributed by atoms with van der Waals surface area (Å²) in [5, 5.41) is 3.62. The molecule has 5 nitrogen and oxygen atoms in total. The van der Waals surface area contributed by atoms with Crippen molar-refractivity contribution in [3.8, 4) is 10.6 Å². The lowest BCUT2D eigenvalue weighted by atomic mass is 10.1. The Labute approximate surface area is 128 Å². The van der Waals surface area contributed by atoms with Crippen LogP contribution in [0.15, 0.2) is 30.5 Å². The molecule has 1 aromatic heterocycles. The molecular weight excluding hydrogens is 286 g/mol. The maximum absolute atomic E-state index is 11.6. The number of thiazole rings is 1. The number of rotatable bonds is 3. The third kappa shape index (κ3) is 4.75. The van der Waals surface area contributed by atoms with Crippen LogP contribution in [0.2, 0.25) is 0 Å². The smallest absolute Gasteiger partial charge is 0.407 e. The molecule has 21 heavy (non-hydrogen) atoms. The first kappa shape index (κ1) is 15.3. The summed E-state index contributed by atoms with van der Waals surface area (Å²) < 4.78 is 5.17. The molecule has 0 fully saturated rings. The third-order valence-corrected chi connectivity index (χ3v) is 3.55. The summed E-state index contributed by atoms with van der Waals surface area (Å²) >= 11 is 1.49. The molecule has 2 aromatic rings. The minimum absolute atomic E-state index is 0.217. The summed E-state index contributed by atoms with van der Waals surface area (Å²) in [5.41, 5.74) is 7.07. The number of benzene rings is 1. The van der Waals surface area contributed by atoms with Crippen LogP contribution in [0.3, 0.4) is 0 Å². The van der Waals surface area contributed by atoms with E-state index in [1.165, 1.54) is 11.3 Å². The van der Waals surface area contributed by atoms with Crippen LogP contribution in [-0.2, 0) is 11.3 Å². The molecule has 0 aliphatic rings. The number of ether oxygens (including phenoxy) is 1. The van der Waals surface area contributed by atoms with E-state index in [0.717, 1.165) is 21.1 Å². The summed E-state index contributed by atoms with van der Waals surface area (Å²) in [7, 11) is 0. The number of hydrogen-bond donors (Lipinski definition) is 2. The Balaban J connectivity index is 1.94. The van der Waals surface area contributed by atoms with Gasteiger partial charge in [0.1, 0.15) is 11.6 Å². The van der Waals surface area contributed by atoms with Gasteiger partial charge in [0.2, 0.25) is 0 Å². The first-order valence-corrected chi connectivity index (χ1v) is 7.41. The largest absolute Gasteiger partial charge is 0.444 e. The van der Waals surface area contributed by atoms with Gasteiger partial charge in [-0.25, -0.2) is 9.78 Å². The van der Waals surface area contributed by atoms with E-state index >= 15 is 0 Å². The van der Waals surface area contributed by atoms with Gasteiger partial charge >= 0.3 is 6.09 Å². The van der Waals surface area contributed by atoms with Crippen LogP contribution in [-0.4, -0.2) is 16.6 Å². The van der Waals surface area contributed by atoms with Crippen LogP contribution >= 0.6 is 11.3 Å². The molecule has 0 aliphatic carbocycles. The molecule has 0 spiro atoms. The molecule has 2 rings (SSSR count). The maximum Gasteiger partial charge on any atom is 0.407 e. The van der Waals surface area contributed by atoms with Crippen LogP contribution in [0.5, 0.6) is 0 Å². The monoisotopic (exact) mass is 305 g/mol. The van der Waals surface area contributed by atoms with Crippen molar-refractivity contribution in [1.29, 1.82) is 0 Å². The second-order valence-corrected chi connectivity index (χ2v) is 6.82. The second kappa shape index (κ2) is 6.13. The van der Waals surface area contributed by atoms with Gasteiger partial charge in [0, 0.05) is 23.0 Å². The molecule has 0 saturated heterocycles. The summed E-state index contributed by atoms with van der Waals surface area (Å²) in [6, 6.07) is 7.52. The Morgan fingerprint density at radius 2 is 2.00 bits per heavy atom. The van der Waals surface area contributed by atoms with E-state index in [1.54, 1.807) is 6.20 Å². The Kier molecular flexibility index (Phi) is 4.47. The molecular formula is C15H19N3O2S. The number of nitrogen functional groups attached to an aromatic ring is 1. The van der Waals surface area contributed by atoms with E-state index in [0.29, 0.717) is 0 Å². The van der Waals surface area contributed by atoms with Crippen LogP contribution in [0.4, 0.5) is 10.5 Å². The fourth-order valence-corrected chi connectivity index (χ4v) is 2.44. The van der Waals surface area contributed by atoms with Gasteiger partial charge in [-0.3, -0.25) is 0 Å². The molecule has 0 unspecified atom stereocenters. The Bertz CT molecular complexity index is 615. The number of aromatic nitrogens is 1. The molecule has 1 amide bonds. The van der Waals surface area contributed by atoms with Crippen molar-refractivity contribution in [1.82, 2.24) is 10.3 Å². The van der Waals surface area contributed by atoms with Crippen molar-refractivity contribution in [3.63, 3.8) is 0 Å². The van der Waals surface area contributed by atoms with E-state index in [2.05, 4.69) is 10.3 Å². The first-order valence-electron chi connectivity index (χ1n) is 6.59. The Morgan fingerprint density at radius 3 is 2.62 bits per heavy atom. The number of nitrogens with one attached hydrogen (secondary N) is 1. The highest BCUT2D eigenvalue weighted by Gasteiger charge is 2.15. The van der Waals surface area contributed by atoms with Crippen LogP contribution < -0.4 is 11.1 Å². The fraction of sp³-hybridized carbons (Fsp3) is 0.333. The number of anilines is 1. The van der Waals surface area contributed by atoms with Gasteiger partial charge in [0.05, 0.1) is 4.88 Å². The van der Waals surface area contributed by atoms with Gasteiger partial charge in [-0.1, -0.05) is 0 Å². The van der Waals surface area contributed by atoms with Crippen molar-refractivity contribution in [2.75, 3.05) is 5.73 Å². The van der Waals surface area contributed by atoms with Crippen molar-refractivity contribution >= 4 is 23.1 Å². The topological polar surface area (TPSA) is 77.2 Å². The molecule has 0 saturated carbocycles. The number of nitrogens with two attached hydrogens (primary N) is 1. The van der Waals surface area contributed by atoms with Crippen molar-refractivity contribution in [3.05, 3.63) is 35.3 Å². The number of nitrogens with zero attached hydrogens (tertiary/aromatic N) is 1. The summed E-state index contributed by atoms with van der Waals surface area (Å²) in [6.07, 6.45) is 1.30. The minimum atomic E-state index is -0.426. The molecule has 1 heterocycles. The lowest BCUT2D eigenvalue weighted by Crippen LogP contribution is -2.40. The Hall–Kier alpha value is -2.08. The highest BCUT2D eigenvalue weighted by molar-refractivity contribution is 7.15. The molecule has 0 atom stereocenters. The standard InChI is InChI=1S/C15H19N3O2S/c1-15(2,3)18-14(19)20-9-12-8-17-13(21-12)10-4-6-11(16)7-5-10/h4-8H,9,16H2,1-3H3,(H,18,19). The van der Waals surface area contributed by atoms with E-state index in [1.807, 2.05) is 45.0 Å². The van der Waals surface area contributed by atoms with Crippen molar-refractivity contribution in [2.45, 2.75) is 32.9 Å². The fourth-order valence-electron chi connectivity index (χ4n) is 1.61. The first-order chi connectivity index (χ1) is 9.83. The SMILES string of the molecule is CC(C)(C)NC(=O)OCc1cnc(-c2ccc(N)cc2)s1. The summed E-state index contributed by atoms with van der Waals surface area (Å²) in [4.78, 5) is 16.8. The summed E-state index contributed by atoms with van der Waals surface area (Å²) in [5.74, 6) is 0. The maximum atomic E-state index is 11.6. The second-order valence-electron chi connectivity index (χ2n) is 5.70.